The van der Waals surface area contributed by atoms with Gasteiger partial charge in [0.1, 0.15) is 0 Å². The Morgan fingerprint density at radius 3 is 2.00 bits per heavy atom. The van der Waals surface area contributed by atoms with E-state index in [4.69, 9.17) is 0 Å². The molecule has 0 aromatic heterocycles. The van der Waals surface area contributed by atoms with Crippen LogP contribution in [0.15, 0.2) is 24.3 Å². The van der Waals surface area contributed by atoms with Gasteiger partial charge in [0.15, 0.2) is 0 Å². The van der Waals surface area contributed by atoms with Crippen molar-refractivity contribution in [3.05, 3.63) is 35.4 Å². The Morgan fingerprint density at radius 2 is 1.48 bits per heavy atom. The van der Waals surface area contributed by atoms with Crippen LogP contribution in [0.4, 0.5) is 0 Å². The van der Waals surface area contributed by atoms with E-state index in [2.05, 4.69) is 30.6 Å². The smallest absolute Gasteiger partial charge is 0.261 e. The summed E-state index contributed by atoms with van der Waals surface area (Å²) in [6.45, 7) is 12.4. The van der Waals surface area contributed by atoms with Crippen LogP contribution in [0.1, 0.15) is 47.9 Å². The van der Waals surface area contributed by atoms with Gasteiger partial charge in [-0.15, -0.1) is 0 Å². The molecule has 5 heteroatoms. The van der Waals surface area contributed by atoms with Crippen LogP contribution in [0, 0.1) is 5.92 Å². The zero-order chi connectivity index (χ0) is 18.0. The summed E-state index contributed by atoms with van der Waals surface area (Å²) in [5.74, 6) is 0.438. The predicted molar refractivity (Wildman–Crippen MR) is 98.7 cm³/mol. The number of amides is 2. The maximum absolute atomic E-state index is 12.5. The Hall–Kier alpha value is -1.72. The van der Waals surface area contributed by atoms with E-state index in [1.54, 1.807) is 12.1 Å². The Kier molecular flexibility index (Phi) is 5.54. The molecule has 25 heavy (non-hydrogen) atoms. The minimum atomic E-state index is -0.150. The lowest BCUT2D eigenvalue weighted by Crippen LogP contribution is -2.53. The van der Waals surface area contributed by atoms with E-state index in [0.717, 1.165) is 38.6 Å². The Bertz CT molecular complexity index is 603. The summed E-state index contributed by atoms with van der Waals surface area (Å²) in [7, 11) is 0. The van der Waals surface area contributed by atoms with E-state index >= 15 is 0 Å². The first-order chi connectivity index (χ1) is 12.0. The third-order valence-electron chi connectivity index (χ3n) is 5.62. The first kappa shape index (κ1) is 18.1. The highest BCUT2D eigenvalue weighted by Gasteiger charge is 2.36. The summed E-state index contributed by atoms with van der Waals surface area (Å²) in [4.78, 5) is 31.4. The first-order valence-corrected chi connectivity index (χ1v) is 9.42. The third-order valence-corrected chi connectivity index (χ3v) is 5.62. The van der Waals surface area contributed by atoms with Gasteiger partial charge in [0.25, 0.3) is 11.8 Å². The van der Waals surface area contributed by atoms with Crippen LogP contribution < -0.4 is 0 Å². The Morgan fingerprint density at radius 1 is 0.920 bits per heavy atom. The van der Waals surface area contributed by atoms with Crippen LogP contribution in [0.2, 0.25) is 0 Å². The molecule has 1 aromatic carbocycles. The number of fused-ring (bicyclic) bond motifs is 1. The maximum atomic E-state index is 12.5. The number of carbonyl (C=O) groups is 2. The van der Waals surface area contributed by atoms with E-state index in [0.29, 0.717) is 17.7 Å². The maximum Gasteiger partial charge on any atom is 0.261 e. The average Bonchev–Trinajstić information content (AvgIpc) is 2.87. The monoisotopic (exact) mass is 343 g/mol. The van der Waals surface area contributed by atoms with Crippen molar-refractivity contribution in [3.8, 4) is 0 Å². The number of benzene rings is 1. The molecule has 0 bridgehead atoms. The molecule has 0 aliphatic carbocycles. The Balaban J connectivity index is 1.55. The van der Waals surface area contributed by atoms with Gasteiger partial charge < -0.3 is 4.90 Å². The zero-order valence-electron chi connectivity index (χ0n) is 15.6. The van der Waals surface area contributed by atoms with Gasteiger partial charge in [0.2, 0.25) is 0 Å². The van der Waals surface area contributed by atoms with E-state index < -0.39 is 0 Å². The van der Waals surface area contributed by atoms with Crippen molar-refractivity contribution in [2.75, 3.05) is 39.3 Å². The second kappa shape index (κ2) is 7.67. The van der Waals surface area contributed by atoms with Crippen LogP contribution in [0.5, 0.6) is 0 Å². The van der Waals surface area contributed by atoms with Crippen molar-refractivity contribution in [2.24, 2.45) is 5.92 Å². The fourth-order valence-corrected chi connectivity index (χ4v) is 3.74. The van der Waals surface area contributed by atoms with Crippen molar-refractivity contribution in [2.45, 2.75) is 33.2 Å². The molecule has 0 saturated carbocycles. The van der Waals surface area contributed by atoms with Crippen LogP contribution in [-0.2, 0) is 0 Å². The van der Waals surface area contributed by atoms with Crippen molar-refractivity contribution < 1.29 is 9.59 Å². The number of hydrogen-bond acceptors (Lipinski definition) is 4. The molecule has 2 aliphatic rings. The van der Waals surface area contributed by atoms with Gasteiger partial charge >= 0.3 is 0 Å². The molecule has 0 radical (unpaired) electrons. The van der Waals surface area contributed by atoms with E-state index in [1.165, 1.54) is 11.3 Å². The predicted octanol–water partition coefficient (Wildman–Crippen LogP) is 2.33. The molecule has 2 atom stereocenters. The second-order valence-corrected chi connectivity index (χ2v) is 7.47. The van der Waals surface area contributed by atoms with Crippen LogP contribution >= 0.6 is 0 Å². The minimum absolute atomic E-state index is 0.150. The van der Waals surface area contributed by atoms with E-state index in [-0.39, 0.29) is 17.9 Å². The zero-order valence-corrected chi connectivity index (χ0v) is 15.6. The molecule has 1 saturated heterocycles. The molecule has 2 heterocycles. The third kappa shape index (κ3) is 3.77. The largest absolute Gasteiger partial charge is 0.301 e. The molecule has 2 unspecified atom stereocenters. The van der Waals surface area contributed by atoms with Gasteiger partial charge in [-0.05, 0) is 25.0 Å². The van der Waals surface area contributed by atoms with Gasteiger partial charge in [-0.25, -0.2) is 0 Å². The van der Waals surface area contributed by atoms with Crippen molar-refractivity contribution in [1.29, 1.82) is 0 Å². The average molecular weight is 343 g/mol. The number of hydrogen-bond donors (Lipinski definition) is 0. The van der Waals surface area contributed by atoms with Crippen LogP contribution in [0.25, 0.3) is 0 Å². The van der Waals surface area contributed by atoms with Crippen molar-refractivity contribution >= 4 is 11.8 Å². The van der Waals surface area contributed by atoms with Gasteiger partial charge in [0, 0.05) is 45.3 Å². The molecule has 0 N–H and O–H groups in total. The van der Waals surface area contributed by atoms with Gasteiger partial charge in [-0.2, -0.15) is 0 Å². The van der Waals surface area contributed by atoms with Crippen molar-refractivity contribution in [3.63, 3.8) is 0 Å². The summed E-state index contributed by atoms with van der Waals surface area (Å²) in [6, 6.07) is 7.30. The number of carbonyl (C=O) groups excluding carboxylic acids is 2. The van der Waals surface area contributed by atoms with Crippen LogP contribution in [0.3, 0.4) is 0 Å². The molecule has 1 fully saturated rings. The highest BCUT2D eigenvalue weighted by molar-refractivity contribution is 6.21. The molecule has 1 aromatic rings. The normalized spacial score (nSPS) is 21.5. The fraction of sp³-hybridized carbons (Fsp3) is 0.600. The minimum Gasteiger partial charge on any atom is -0.301 e. The van der Waals surface area contributed by atoms with Crippen LogP contribution in [-0.4, -0.2) is 71.8 Å². The van der Waals surface area contributed by atoms with E-state index in [9.17, 15) is 9.59 Å². The SMILES string of the molecule is CCC(C)CN1CCN(C(C)CN2C(=O)c3ccccc3C2=O)CC1. The van der Waals surface area contributed by atoms with Gasteiger partial charge in [-0.3, -0.25) is 19.4 Å². The molecule has 5 nitrogen and oxygen atoms in total. The lowest BCUT2D eigenvalue weighted by molar-refractivity contribution is 0.0523. The molecule has 2 aliphatic heterocycles. The molecular weight excluding hydrogens is 314 g/mol. The summed E-state index contributed by atoms with van der Waals surface area (Å²) in [6.07, 6.45) is 1.22. The lowest BCUT2D eigenvalue weighted by atomic mass is 10.1. The van der Waals surface area contributed by atoms with Crippen molar-refractivity contribution in [1.82, 2.24) is 14.7 Å². The summed E-state index contributed by atoms with van der Waals surface area (Å²) in [5.41, 5.74) is 1.08. The summed E-state index contributed by atoms with van der Waals surface area (Å²) < 4.78 is 0. The molecule has 136 valence electrons. The second-order valence-electron chi connectivity index (χ2n) is 7.47. The highest BCUT2D eigenvalue weighted by atomic mass is 16.2. The summed E-state index contributed by atoms with van der Waals surface area (Å²) >= 11 is 0. The quantitative estimate of drug-likeness (QED) is 0.744. The number of piperazine rings is 1. The number of imide groups is 1. The standard InChI is InChI=1S/C20H29N3O2/c1-4-15(2)13-21-9-11-22(12-10-21)16(3)14-23-19(24)17-7-5-6-8-18(17)20(23)25/h5-8,15-16H,4,9-14H2,1-3H3. The molecule has 3 rings (SSSR count). The molecule has 0 spiro atoms. The van der Waals surface area contributed by atoms with E-state index in [1.807, 2.05) is 12.1 Å². The topological polar surface area (TPSA) is 43.9 Å². The van der Waals surface area contributed by atoms with Gasteiger partial charge in [0.05, 0.1) is 11.1 Å². The first-order valence-electron chi connectivity index (χ1n) is 9.42. The summed E-state index contributed by atoms with van der Waals surface area (Å²) in [5, 5.41) is 0. The fourth-order valence-electron chi connectivity index (χ4n) is 3.74. The molecule has 2 amide bonds. The van der Waals surface area contributed by atoms with Gasteiger partial charge in [-0.1, -0.05) is 32.4 Å². The number of rotatable bonds is 6. The highest BCUT2D eigenvalue weighted by Crippen LogP contribution is 2.23. The molecular formula is C20H29N3O2. The number of nitrogens with zero attached hydrogens (tertiary/aromatic N) is 3. The lowest BCUT2D eigenvalue weighted by Gasteiger charge is -2.39. The Labute approximate surface area is 150 Å².